The van der Waals surface area contributed by atoms with E-state index >= 15 is 0 Å². The van der Waals surface area contributed by atoms with Crippen LogP contribution < -0.4 is 4.90 Å². The second kappa shape index (κ2) is 6.48. The molecule has 0 saturated heterocycles. The second-order valence-electron chi connectivity index (χ2n) is 6.27. The molecule has 1 N–H and O–H groups in total. The molecule has 0 spiro atoms. The lowest BCUT2D eigenvalue weighted by Crippen LogP contribution is -2.29. The number of rotatable bonds is 3. The standard InChI is InChI=1S/C20H10F2N2O5/c21-16-7-11(8-17(22)18(16)25)10-1-3-12(4-2-10)23-19(26)14-6-5-13(24(28)29)9-15(14)20(23)27/h1-9,25H. The zero-order valence-electron chi connectivity index (χ0n) is 14.4. The van der Waals surface area contributed by atoms with Crippen molar-refractivity contribution in [2.24, 2.45) is 0 Å². The summed E-state index contributed by atoms with van der Waals surface area (Å²) < 4.78 is 27.1. The van der Waals surface area contributed by atoms with Gasteiger partial charge in [-0.05, 0) is 41.5 Å². The van der Waals surface area contributed by atoms with Crippen molar-refractivity contribution in [3.05, 3.63) is 87.5 Å². The maximum Gasteiger partial charge on any atom is 0.270 e. The molecule has 29 heavy (non-hydrogen) atoms. The second-order valence-corrected chi connectivity index (χ2v) is 6.27. The minimum atomic E-state index is -1.12. The monoisotopic (exact) mass is 396 g/mol. The number of hydrogen-bond donors (Lipinski definition) is 1. The van der Waals surface area contributed by atoms with Crippen molar-refractivity contribution >= 4 is 23.2 Å². The van der Waals surface area contributed by atoms with E-state index in [1.165, 1.54) is 30.3 Å². The van der Waals surface area contributed by atoms with Crippen LogP contribution in [0.25, 0.3) is 11.1 Å². The van der Waals surface area contributed by atoms with Crippen molar-refractivity contribution in [1.29, 1.82) is 0 Å². The number of fused-ring (bicyclic) bond motifs is 1. The summed E-state index contributed by atoms with van der Waals surface area (Å²) in [5.41, 5.74) is 0.408. The van der Waals surface area contributed by atoms with E-state index in [4.69, 9.17) is 0 Å². The molecule has 2 amide bonds. The molecule has 9 heteroatoms. The summed E-state index contributed by atoms with van der Waals surface area (Å²) >= 11 is 0. The van der Waals surface area contributed by atoms with Crippen molar-refractivity contribution in [1.82, 2.24) is 0 Å². The zero-order valence-corrected chi connectivity index (χ0v) is 14.4. The molecule has 0 bridgehead atoms. The van der Waals surface area contributed by atoms with Gasteiger partial charge in [-0.15, -0.1) is 0 Å². The van der Waals surface area contributed by atoms with Crippen LogP contribution >= 0.6 is 0 Å². The Morgan fingerprint density at radius 2 is 1.41 bits per heavy atom. The Kier molecular flexibility index (Phi) is 4.08. The molecule has 1 heterocycles. The smallest absolute Gasteiger partial charge is 0.270 e. The number of aromatic hydroxyl groups is 1. The summed E-state index contributed by atoms with van der Waals surface area (Å²) in [5, 5.41) is 20.1. The number of nitro groups is 1. The van der Waals surface area contributed by atoms with E-state index in [2.05, 4.69) is 0 Å². The highest BCUT2D eigenvalue weighted by molar-refractivity contribution is 6.34. The Morgan fingerprint density at radius 1 is 0.828 bits per heavy atom. The third-order valence-electron chi connectivity index (χ3n) is 4.56. The van der Waals surface area contributed by atoms with Gasteiger partial charge in [-0.2, -0.15) is 0 Å². The quantitative estimate of drug-likeness (QED) is 0.409. The Balaban J connectivity index is 1.69. The molecule has 0 unspecified atom stereocenters. The zero-order chi connectivity index (χ0) is 20.9. The van der Waals surface area contributed by atoms with Crippen molar-refractivity contribution in [3.8, 4) is 16.9 Å². The number of amides is 2. The van der Waals surface area contributed by atoms with E-state index in [-0.39, 0.29) is 28.1 Å². The Hall–Kier alpha value is -4.14. The molecule has 3 aromatic rings. The number of imide groups is 1. The number of non-ortho nitro benzene ring substituents is 1. The van der Waals surface area contributed by atoms with Crippen LogP contribution in [0.4, 0.5) is 20.2 Å². The summed E-state index contributed by atoms with van der Waals surface area (Å²) in [6, 6.07) is 11.0. The van der Waals surface area contributed by atoms with Gasteiger partial charge in [-0.25, -0.2) is 13.7 Å². The maximum atomic E-state index is 13.6. The number of phenolic OH excluding ortho intramolecular Hbond substituents is 1. The molecule has 0 atom stereocenters. The number of nitrogens with zero attached hydrogens (tertiary/aromatic N) is 2. The number of nitro benzene ring substituents is 1. The molecular formula is C20H10F2N2O5. The number of anilines is 1. The molecule has 1 aliphatic rings. The lowest BCUT2D eigenvalue weighted by Gasteiger charge is -2.14. The van der Waals surface area contributed by atoms with Crippen LogP contribution in [0.3, 0.4) is 0 Å². The van der Waals surface area contributed by atoms with Gasteiger partial charge >= 0.3 is 0 Å². The van der Waals surface area contributed by atoms with E-state index in [1.807, 2.05) is 0 Å². The molecule has 0 saturated carbocycles. The predicted octanol–water partition coefficient (Wildman–Crippen LogP) is 4.05. The van der Waals surface area contributed by atoms with Crippen LogP contribution in [0.1, 0.15) is 20.7 Å². The average molecular weight is 396 g/mol. The first-order valence-corrected chi connectivity index (χ1v) is 8.23. The summed E-state index contributed by atoms with van der Waals surface area (Å²) in [7, 11) is 0. The van der Waals surface area contributed by atoms with Crippen molar-refractivity contribution in [2.45, 2.75) is 0 Å². The number of hydrogen-bond acceptors (Lipinski definition) is 5. The minimum Gasteiger partial charge on any atom is -0.503 e. The van der Waals surface area contributed by atoms with Crippen LogP contribution in [-0.4, -0.2) is 21.8 Å². The first-order valence-electron chi connectivity index (χ1n) is 8.23. The Morgan fingerprint density at radius 3 is 2.00 bits per heavy atom. The third-order valence-corrected chi connectivity index (χ3v) is 4.56. The Labute approximate surface area is 161 Å². The lowest BCUT2D eigenvalue weighted by atomic mass is 10.0. The maximum absolute atomic E-state index is 13.6. The van der Waals surface area contributed by atoms with E-state index in [0.29, 0.717) is 5.56 Å². The first kappa shape index (κ1) is 18.2. The molecule has 0 radical (unpaired) electrons. The molecule has 1 aliphatic heterocycles. The average Bonchev–Trinajstić information content (AvgIpc) is 2.96. The van der Waals surface area contributed by atoms with Crippen LogP contribution in [0.15, 0.2) is 54.6 Å². The van der Waals surface area contributed by atoms with Gasteiger partial charge in [0.05, 0.1) is 21.7 Å². The Bertz CT molecular complexity index is 1180. The summed E-state index contributed by atoms with van der Waals surface area (Å²) in [6.07, 6.45) is 0. The van der Waals surface area contributed by atoms with Gasteiger partial charge in [-0.1, -0.05) is 12.1 Å². The third kappa shape index (κ3) is 2.89. The van der Waals surface area contributed by atoms with E-state index in [0.717, 1.165) is 29.2 Å². The molecule has 144 valence electrons. The summed E-state index contributed by atoms with van der Waals surface area (Å²) in [5.74, 6) is -4.65. The molecule has 7 nitrogen and oxygen atoms in total. The summed E-state index contributed by atoms with van der Waals surface area (Å²) in [4.78, 5) is 36.3. The van der Waals surface area contributed by atoms with Gasteiger partial charge in [0.25, 0.3) is 17.5 Å². The highest BCUT2D eigenvalue weighted by Crippen LogP contribution is 2.33. The fraction of sp³-hybridized carbons (Fsp3) is 0. The fourth-order valence-corrected chi connectivity index (χ4v) is 3.11. The van der Waals surface area contributed by atoms with Crippen molar-refractivity contribution < 1.29 is 28.4 Å². The normalized spacial score (nSPS) is 13.0. The van der Waals surface area contributed by atoms with Gasteiger partial charge < -0.3 is 5.11 Å². The van der Waals surface area contributed by atoms with Crippen LogP contribution in [0, 0.1) is 21.7 Å². The van der Waals surface area contributed by atoms with Crippen LogP contribution in [-0.2, 0) is 0 Å². The van der Waals surface area contributed by atoms with Crippen molar-refractivity contribution in [3.63, 3.8) is 0 Å². The fourth-order valence-electron chi connectivity index (χ4n) is 3.11. The number of carbonyl (C=O) groups is 2. The molecule has 3 aromatic carbocycles. The topological polar surface area (TPSA) is 101 Å². The number of phenols is 1. The number of carbonyl (C=O) groups excluding carboxylic acids is 2. The van der Waals surface area contributed by atoms with E-state index in [9.17, 15) is 33.6 Å². The van der Waals surface area contributed by atoms with Gasteiger partial charge in [0.15, 0.2) is 17.4 Å². The first-order chi connectivity index (χ1) is 13.8. The molecule has 0 aliphatic carbocycles. The molecule has 0 fully saturated rings. The lowest BCUT2D eigenvalue weighted by molar-refractivity contribution is -0.384. The van der Waals surface area contributed by atoms with Crippen molar-refractivity contribution in [2.75, 3.05) is 4.90 Å². The number of benzene rings is 3. The summed E-state index contributed by atoms with van der Waals surface area (Å²) in [6.45, 7) is 0. The minimum absolute atomic E-state index is 0.0485. The van der Waals surface area contributed by atoms with Gasteiger partial charge in [0.2, 0.25) is 0 Å². The van der Waals surface area contributed by atoms with E-state index < -0.39 is 34.1 Å². The molecular weight excluding hydrogens is 386 g/mol. The highest BCUT2D eigenvalue weighted by atomic mass is 19.1. The number of halogens is 2. The van der Waals surface area contributed by atoms with E-state index in [1.54, 1.807) is 0 Å². The SMILES string of the molecule is O=C1c2ccc([N+](=O)[O-])cc2C(=O)N1c1ccc(-c2cc(F)c(O)c(F)c2)cc1. The predicted molar refractivity (Wildman–Crippen MR) is 97.7 cm³/mol. The largest absolute Gasteiger partial charge is 0.503 e. The van der Waals surface area contributed by atoms with Crippen LogP contribution in [0.2, 0.25) is 0 Å². The van der Waals surface area contributed by atoms with Gasteiger partial charge in [-0.3, -0.25) is 19.7 Å². The van der Waals surface area contributed by atoms with Crippen LogP contribution in [0.5, 0.6) is 5.75 Å². The molecule has 0 aromatic heterocycles. The van der Waals surface area contributed by atoms with Gasteiger partial charge in [0.1, 0.15) is 0 Å². The molecule has 4 rings (SSSR count). The highest BCUT2D eigenvalue weighted by Gasteiger charge is 2.37. The van der Waals surface area contributed by atoms with Gasteiger partial charge in [0, 0.05) is 12.1 Å².